The second-order valence-electron chi connectivity index (χ2n) is 12.2. The minimum atomic E-state index is -0.989. The van der Waals surface area contributed by atoms with Crippen LogP contribution in [0.5, 0.6) is 0 Å². The molecule has 0 spiro atoms. The Balaban J connectivity index is 1.14. The number of aliphatic carboxylic acids is 1. The predicted molar refractivity (Wildman–Crippen MR) is 161 cm³/mol. The monoisotopic (exact) mass is 564 g/mol. The van der Waals surface area contributed by atoms with Gasteiger partial charge in [-0.05, 0) is 79.5 Å². The summed E-state index contributed by atoms with van der Waals surface area (Å²) in [5.41, 5.74) is 6.34. The van der Waals surface area contributed by atoms with E-state index in [1.807, 2.05) is 43.7 Å². The number of aryl methyl sites for hydroxylation is 1. The van der Waals surface area contributed by atoms with Crippen molar-refractivity contribution < 1.29 is 19.1 Å². The van der Waals surface area contributed by atoms with Crippen LogP contribution in [-0.2, 0) is 22.2 Å². The third-order valence-corrected chi connectivity index (χ3v) is 9.62. The summed E-state index contributed by atoms with van der Waals surface area (Å²) >= 11 is 0. The lowest BCUT2D eigenvalue weighted by molar-refractivity contribution is -0.131. The molecule has 8 nitrogen and oxygen atoms in total. The van der Waals surface area contributed by atoms with Gasteiger partial charge in [-0.2, -0.15) is 0 Å². The summed E-state index contributed by atoms with van der Waals surface area (Å²) in [7, 11) is 1.98. The maximum absolute atomic E-state index is 13.8. The van der Waals surface area contributed by atoms with Crippen LogP contribution in [0.3, 0.4) is 0 Å². The Bertz CT molecular complexity index is 1660. The molecule has 42 heavy (non-hydrogen) atoms. The number of carboxylic acid groups (broad SMARTS) is 1. The van der Waals surface area contributed by atoms with E-state index in [-0.39, 0.29) is 17.9 Å². The van der Waals surface area contributed by atoms with Crippen LogP contribution in [0.25, 0.3) is 22.8 Å². The van der Waals surface area contributed by atoms with E-state index >= 15 is 0 Å². The molecule has 3 aliphatic carbocycles. The summed E-state index contributed by atoms with van der Waals surface area (Å²) < 4.78 is 7.50. The number of imidazole rings is 1. The van der Waals surface area contributed by atoms with Gasteiger partial charge in [-0.25, -0.2) is 9.78 Å². The van der Waals surface area contributed by atoms with Crippen molar-refractivity contribution in [2.24, 2.45) is 18.9 Å². The lowest BCUT2D eigenvalue weighted by Gasteiger charge is -2.42. The number of carbonyl (C=O) groups excluding carboxylic acids is 1. The average Bonchev–Trinajstić information content (AvgIpc) is 3.71. The molecule has 8 heteroatoms. The summed E-state index contributed by atoms with van der Waals surface area (Å²) in [6, 6.07) is 7.78. The number of fused-ring (bicyclic) bond motifs is 2. The van der Waals surface area contributed by atoms with Gasteiger partial charge in [0.15, 0.2) is 0 Å². The van der Waals surface area contributed by atoms with Crippen molar-refractivity contribution in [1.29, 1.82) is 0 Å². The molecule has 2 unspecified atom stereocenters. The van der Waals surface area contributed by atoms with E-state index in [0.29, 0.717) is 11.5 Å². The molecule has 2 atom stereocenters. The maximum atomic E-state index is 13.8. The number of nitrogens with one attached hydrogen (secondary N) is 2. The maximum Gasteiger partial charge on any atom is 0.328 e. The SMILES string of the molecule is Cn1c(C2(NC(=O)C3=CC4NC(c5ccoc5)=C(C5CCCCC5)C4C=C3)CCC2)nc2cc(/C=C/C(=O)O)ccc21. The zero-order chi connectivity index (χ0) is 28.8. The molecule has 0 bridgehead atoms. The standard InChI is InChI=1S/C34H36N4O4/c1-38-28-12-8-21(9-13-29(39)40)18-27(28)36-33(38)34(15-5-16-34)37-32(41)23-10-11-25-26(19-23)35-31(24-14-17-42-20-24)30(25)22-6-3-2-4-7-22/h8-14,17-20,22,25-26,35H,2-7,15-16H2,1H3,(H,37,41)(H,39,40)/b13-9+. The summed E-state index contributed by atoms with van der Waals surface area (Å²) in [5.74, 6) is 0.542. The van der Waals surface area contributed by atoms with Crippen LogP contribution in [-0.4, -0.2) is 32.6 Å². The van der Waals surface area contributed by atoms with Gasteiger partial charge in [0.25, 0.3) is 5.91 Å². The van der Waals surface area contributed by atoms with Gasteiger partial charge < -0.3 is 24.7 Å². The van der Waals surface area contributed by atoms with E-state index in [9.17, 15) is 9.59 Å². The third kappa shape index (κ3) is 4.59. The van der Waals surface area contributed by atoms with Gasteiger partial charge in [-0.3, -0.25) is 4.79 Å². The fraction of sp³-hybridized carbons (Fsp3) is 0.382. The number of furan rings is 1. The van der Waals surface area contributed by atoms with E-state index < -0.39 is 11.5 Å². The van der Waals surface area contributed by atoms with Crippen LogP contribution in [0.1, 0.15) is 68.3 Å². The number of carbonyl (C=O) groups is 2. The molecule has 1 aromatic carbocycles. The largest absolute Gasteiger partial charge is 0.478 e. The van der Waals surface area contributed by atoms with Crippen molar-refractivity contribution >= 4 is 34.7 Å². The number of aromatic nitrogens is 2. The molecule has 4 aliphatic rings. The zero-order valence-corrected chi connectivity index (χ0v) is 23.8. The number of nitrogens with zero attached hydrogens (tertiary/aromatic N) is 2. The second kappa shape index (κ2) is 10.5. The first-order valence-electron chi connectivity index (χ1n) is 15.1. The Morgan fingerprint density at radius 3 is 2.71 bits per heavy atom. The number of carboxylic acids is 1. The fourth-order valence-corrected chi connectivity index (χ4v) is 7.36. The highest BCUT2D eigenvalue weighted by Gasteiger charge is 2.45. The van der Waals surface area contributed by atoms with Crippen LogP contribution in [0.4, 0.5) is 0 Å². The summed E-state index contributed by atoms with van der Waals surface area (Å²) in [6.07, 6.45) is 21.5. The molecular weight excluding hydrogens is 528 g/mol. The van der Waals surface area contributed by atoms with Gasteiger partial charge >= 0.3 is 5.97 Å². The van der Waals surface area contributed by atoms with E-state index in [0.717, 1.165) is 53.3 Å². The lowest BCUT2D eigenvalue weighted by atomic mass is 9.74. The zero-order valence-electron chi connectivity index (χ0n) is 23.8. The van der Waals surface area contributed by atoms with Crippen molar-refractivity contribution in [3.05, 3.63) is 89.2 Å². The van der Waals surface area contributed by atoms with Crippen LogP contribution < -0.4 is 10.6 Å². The van der Waals surface area contributed by atoms with E-state index in [4.69, 9.17) is 14.5 Å². The molecule has 3 aromatic rings. The van der Waals surface area contributed by atoms with Gasteiger partial charge in [-0.1, -0.05) is 37.5 Å². The Kier molecular flexibility index (Phi) is 6.64. The van der Waals surface area contributed by atoms with E-state index in [2.05, 4.69) is 27.4 Å². The minimum Gasteiger partial charge on any atom is -0.478 e. The van der Waals surface area contributed by atoms with E-state index in [1.54, 1.807) is 12.3 Å². The fourth-order valence-electron chi connectivity index (χ4n) is 7.36. The molecule has 3 N–H and O–H groups in total. The van der Waals surface area contributed by atoms with Gasteiger partial charge in [0.05, 0.1) is 35.1 Å². The number of amides is 1. The molecule has 1 aliphatic heterocycles. The molecule has 0 radical (unpaired) electrons. The Labute approximate surface area is 244 Å². The highest BCUT2D eigenvalue weighted by molar-refractivity contribution is 5.97. The first-order valence-corrected chi connectivity index (χ1v) is 15.1. The summed E-state index contributed by atoms with van der Waals surface area (Å²) in [4.78, 5) is 29.7. The predicted octanol–water partition coefficient (Wildman–Crippen LogP) is 5.84. The highest BCUT2D eigenvalue weighted by Crippen LogP contribution is 2.45. The first kappa shape index (κ1) is 26.6. The van der Waals surface area contributed by atoms with Crippen LogP contribution >= 0.6 is 0 Å². The Hall–Kier alpha value is -4.33. The van der Waals surface area contributed by atoms with Crippen LogP contribution in [0.2, 0.25) is 0 Å². The lowest BCUT2D eigenvalue weighted by Crippen LogP contribution is -2.52. The van der Waals surface area contributed by atoms with Gasteiger partial charge in [0.1, 0.15) is 5.82 Å². The van der Waals surface area contributed by atoms with Gasteiger partial charge in [-0.15, -0.1) is 0 Å². The number of benzene rings is 1. The quantitative estimate of drug-likeness (QED) is 0.311. The van der Waals surface area contributed by atoms with Gasteiger partial charge in [0.2, 0.25) is 0 Å². The number of rotatable bonds is 7. The summed E-state index contributed by atoms with van der Waals surface area (Å²) in [6.45, 7) is 0. The third-order valence-electron chi connectivity index (χ3n) is 9.62. The van der Waals surface area contributed by atoms with Crippen molar-refractivity contribution in [2.45, 2.75) is 62.9 Å². The first-order chi connectivity index (χ1) is 20.4. The number of hydrogen-bond acceptors (Lipinski definition) is 5. The molecule has 1 amide bonds. The molecule has 0 saturated heterocycles. The Morgan fingerprint density at radius 1 is 1.17 bits per heavy atom. The van der Waals surface area contributed by atoms with Crippen LogP contribution in [0, 0.1) is 11.8 Å². The second-order valence-corrected chi connectivity index (χ2v) is 12.2. The highest BCUT2D eigenvalue weighted by atomic mass is 16.4. The minimum absolute atomic E-state index is 0.0305. The van der Waals surface area contributed by atoms with Gasteiger partial charge in [0, 0.05) is 35.9 Å². The van der Waals surface area contributed by atoms with Crippen molar-refractivity contribution in [3.63, 3.8) is 0 Å². The molecule has 2 saturated carbocycles. The van der Waals surface area contributed by atoms with E-state index in [1.165, 1.54) is 43.4 Å². The van der Waals surface area contributed by atoms with Crippen molar-refractivity contribution in [3.8, 4) is 0 Å². The Morgan fingerprint density at radius 2 is 2.00 bits per heavy atom. The normalized spacial score (nSPS) is 23.5. The average molecular weight is 565 g/mol. The number of hydrogen-bond donors (Lipinski definition) is 3. The molecule has 2 aromatic heterocycles. The smallest absolute Gasteiger partial charge is 0.328 e. The molecule has 3 heterocycles. The molecule has 7 rings (SSSR count). The topological polar surface area (TPSA) is 109 Å². The molecule has 216 valence electrons. The van der Waals surface area contributed by atoms with Crippen molar-refractivity contribution in [2.75, 3.05) is 0 Å². The molecule has 2 fully saturated rings. The summed E-state index contributed by atoms with van der Waals surface area (Å²) in [5, 5.41) is 16.1. The molecular formula is C34H36N4O4. The van der Waals surface area contributed by atoms with Crippen molar-refractivity contribution in [1.82, 2.24) is 20.2 Å². The van der Waals surface area contributed by atoms with Crippen LogP contribution in [0.15, 0.2) is 76.7 Å².